The number of aryl methyl sites for hydroxylation is 1. The van der Waals surface area contributed by atoms with Gasteiger partial charge in [0.2, 0.25) is 5.91 Å². The monoisotopic (exact) mass is 423 g/mol. The first kappa shape index (κ1) is 21.0. The lowest BCUT2D eigenvalue weighted by Crippen LogP contribution is -2.53. The van der Waals surface area contributed by atoms with Crippen LogP contribution >= 0.6 is 0 Å². The zero-order valence-corrected chi connectivity index (χ0v) is 18.1. The molecule has 1 unspecified atom stereocenters. The molecule has 1 atom stereocenters. The molecule has 0 aromatic heterocycles. The number of hydrogen-bond donors (Lipinski definition) is 1. The summed E-state index contributed by atoms with van der Waals surface area (Å²) in [6.07, 6.45) is 0.396. The third kappa shape index (κ3) is 5.10. The van der Waals surface area contributed by atoms with Gasteiger partial charge in [-0.05, 0) is 37.1 Å². The van der Waals surface area contributed by atoms with E-state index in [1.807, 2.05) is 61.2 Å². The molecule has 0 saturated carbocycles. The molecule has 31 heavy (non-hydrogen) atoms. The Labute approximate surface area is 182 Å². The molecule has 1 N–H and O–H groups in total. The van der Waals surface area contributed by atoms with Gasteiger partial charge in [-0.3, -0.25) is 4.79 Å². The van der Waals surface area contributed by atoms with E-state index < -0.39 is 0 Å². The number of piperazine rings is 1. The van der Waals surface area contributed by atoms with Crippen LogP contribution in [0.5, 0.6) is 11.5 Å². The van der Waals surface area contributed by atoms with Crippen molar-refractivity contribution in [2.75, 3.05) is 39.4 Å². The Hall–Kier alpha value is -3.22. The SMILES string of the molecule is Cc1ccc(CC(=O)N2CCN(C(=O)NC(C)c3ccc4c(c3)OCCO4)CC2)cc1. The lowest BCUT2D eigenvalue weighted by atomic mass is 10.1. The van der Waals surface area contributed by atoms with Gasteiger partial charge in [-0.1, -0.05) is 35.9 Å². The van der Waals surface area contributed by atoms with Gasteiger partial charge in [0.05, 0.1) is 12.5 Å². The van der Waals surface area contributed by atoms with E-state index in [1.54, 1.807) is 4.90 Å². The summed E-state index contributed by atoms with van der Waals surface area (Å²) < 4.78 is 11.2. The number of nitrogens with zero attached hydrogens (tertiary/aromatic N) is 2. The fourth-order valence-electron chi connectivity index (χ4n) is 3.84. The third-order valence-electron chi connectivity index (χ3n) is 5.80. The van der Waals surface area contributed by atoms with Crippen LogP contribution in [0, 0.1) is 6.92 Å². The Morgan fingerprint density at radius 2 is 1.58 bits per heavy atom. The number of benzene rings is 2. The Kier molecular flexibility index (Phi) is 6.30. The van der Waals surface area contributed by atoms with Crippen molar-refractivity contribution in [3.8, 4) is 11.5 Å². The minimum absolute atomic E-state index is 0.105. The highest BCUT2D eigenvalue weighted by molar-refractivity contribution is 5.79. The van der Waals surface area contributed by atoms with Crippen LogP contribution < -0.4 is 14.8 Å². The molecule has 0 radical (unpaired) electrons. The number of carbonyl (C=O) groups excluding carboxylic acids is 2. The third-order valence-corrected chi connectivity index (χ3v) is 5.80. The molecule has 0 bridgehead atoms. The Morgan fingerprint density at radius 1 is 0.935 bits per heavy atom. The minimum atomic E-state index is -0.162. The van der Waals surface area contributed by atoms with Gasteiger partial charge in [0.1, 0.15) is 13.2 Å². The first-order valence-electron chi connectivity index (χ1n) is 10.8. The van der Waals surface area contributed by atoms with Crippen molar-refractivity contribution < 1.29 is 19.1 Å². The molecule has 3 amide bonds. The second-order valence-corrected chi connectivity index (χ2v) is 8.10. The van der Waals surface area contributed by atoms with Gasteiger partial charge in [-0.2, -0.15) is 0 Å². The van der Waals surface area contributed by atoms with Gasteiger partial charge in [0.15, 0.2) is 11.5 Å². The lowest BCUT2D eigenvalue weighted by Gasteiger charge is -2.35. The molecule has 1 saturated heterocycles. The smallest absolute Gasteiger partial charge is 0.317 e. The molecule has 7 nitrogen and oxygen atoms in total. The molecular weight excluding hydrogens is 394 g/mol. The number of ether oxygens (including phenoxy) is 2. The molecule has 2 aromatic carbocycles. The maximum Gasteiger partial charge on any atom is 0.317 e. The predicted octanol–water partition coefficient (Wildman–Crippen LogP) is 2.92. The fraction of sp³-hybridized carbons (Fsp3) is 0.417. The summed E-state index contributed by atoms with van der Waals surface area (Å²) >= 11 is 0. The molecule has 4 rings (SSSR count). The van der Waals surface area contributed by atoms with E-state index in [2.05, 4.69) is 5.32 Å². The zero-order valence-electron chi connectivity index (χ0n) is 18.1. The van der Waals surface area contributed by atoms with Crippen LogP contribution in [0.1, 0.15) is 29.7 Å². The summed E-state index contributed by atoms with van der Waals surface area (Å²) in [5.41, 5.74) is 3.16. The highest BCUT2D eigenvalue weighted by atomic mass is 16.6. The second kappa shape index (κ2) is 9.29. The highest BCUT2D eigenvalue weighted by Crippen LogP contribution is 2.32. The van der Waals surface area contributed by atoms with Crippen LogP contribution in [-0.2, 0) is 11.2 Å². The topological polar surface area (TPSA) is 71.1 Å². The van der Waals surface area contributed by atoms with Crippen molar-refractivity contribution in [2.24, 2.45) is 0 Å². The highest BCUT2D eigenvalue weighted by Gasteiger charge is 2.25. The van der Waals surface area contributed by atoms with Crippen LogP contribution in [0.3, 0.4) is 0 Å². The van der Waals surface area contributed by atoms with Crippen LogP contribution in [-0.4, -0.2) is 61.1 Å². The molecule has 2 aliphatic rings. The van der Waals surface area contributed by atoms with E-state index in [4.69, 9.17) is 9.47 Å². The summed E-state index contributed by atoms with van der Waals surface area (Å²) in [6, 6.07) is 13.5. The standard InChI is InChI=1S/C24H29N3O4/c1-17-3-5-19(6-4-17)15-23(28)26-9-11-27(12-10-26)24(29)25-18(2)20-7-8-21-22(16-20)31-14-13-30-21/h3-8,16,18H,9-15H2,1-2H3,(H,25,29). The van der Waals surface area contributed by atoms with Crippen molar-refractivity contribution in [2.45, 2.75) is 26.3 Å². The molecule has 2 heterocycles. The molecule has 7 heteroatoms. The van der Waals surface area contributed by atoms with E-state index in [-0.39, 0.29) is 18.0 Å². The second-order valence-electron chi connectivity index (χ2n) is 8.10. The van der Waals surface area contributed by atoms with E-state index in [0.29, 0.717) is 51.6 Å². The predicted molar refractivity (Wildman–Crippen MR) is 117 cm³/mol. The first-order chi connectivity index (χ1) is 15.0. The summed E-state index contributed by atoms with van der Waals surface area (Å²) in [6.45, 7) is 7.23. The van der Waals surface area contributed by atoms with Gasteiger partial charge in [0, 0.05) is 26.2 Å². The average molecular weight is 424 g/mol. The minimum Gasteiger partial charge on any atom is -0.486 e. The van der Waals surface area contributed by atoms with Gasteiger partial charge in [-0.15, -0.1) is 0 Å². The Bertz CT molecular complexity index is 936. The molecule has 2 aromatic rings. The maximum atomic E-state index is 12.7. The molecule has 1 fully saturated rings. The van der Waals surface area contributed by atoms with Gasteiger partial charge in [-0.25, -0.2) is 4.79 Å². The number of amides is 3. The van der Waals surface area contributed by atoms with Gasteiger partial charge < -0.3 is 24.6 Å². The number of rotatable bonds is 4. The number of nitrogens with one attached hydrogen (secondary N) is 1. The van der Waals surface area contributed by atoms with E-state index in [9.17, 15) is 9.59 Å². The number of urea groups is 1. The van der Waals surface area contributed by atoms with Crippen molar-refractivity contribution >= 4 is 11.9 Å². The van der Waals surface area contributed by atoms with E-state index in [0.717, 1.165) is 16.9 Å². The summed E-state index contributed by atoms with van der Waals surface area (Å²) in [4.78, 5) is 28.9. The fourth-order valence-corrected chi connectivity index (χ4v) is 3.84. The van der Waals surface area contributed by atoms with Crippen molar-refractivity contribution in [3.63, 3.8) is 0 Å². The lowest BCUT2D eigenvalue weighted by molar-refractivity contribution is -0.131. The molecule has 2 aliphatic heterocycles. The Morgan fingerprint density at radius 3 is 2.29 bits per heavy atom. The van der Waals surface area contributed by atoms with Crippen LogP contribution in [0.2, 0.25) is 0 Å². The number of carbonyl (C=O) groups is 2. The Balaban J connectivity index is 1.27. The zero-order chi connectivity index (χ0) is 21.8. The summed E-state index contributed by atoms with van der Waals surface area (Å²) in [5.74, 6) is 1.55. The van der Waals surface area contributed by atoms with Crippen molar-refractivity contribution in [3.05, 3.63) is 59.2 Å². The maximum absolute atomic E-state index is 12.7. The van der Waals surface area contributed by atoms with E-state index >= 15 is 0 Å². The molecule has 164 valence electrons. The quantitative estimate of drug-likeness (QED) is 0.821. The van der Waals surface area contributed by atoms with Crippen molar-refractivity contribution in [1.82, 2.24) is 15.1 Å². The summed E-state index contributed by atoms with van der Waals surface area (Å²) in [7, 11) is 0. The molecule has 0 aliphatic carbocycles. The van der Waals surface area contributed by atoms with Crippen LogP contribution in [0.25, 0.3) is 0 Å². The average Bonchev–Trinajstić information content (AvgIpc) is 2.80. The normalized spacial score (nSPS) is 16.6. The number of fused-ring (bicyclic) bond motifs is 1. The largest absolute Gasteiger partial charge is 0.486 e. The molecule has 0 spiro atoms. The van der Waals surface area contributed by atoms with Crippen LogP contribution in [0.15, 0.2) is 42.5 Å². The summed E-state index contributed by atoms with van der Waals surface area (Å²) in [5, 5.41) is 3.05. The molecular formula is C24H29N3O4. The van der Waals surface area contributed by atoms with Gasteiger partial charge >= 0.3 is 6.03 Å². The van der Waals surface area contributed by atoms with E-state index in [1.165, 1.54) is 5.56 Å². The van der Waals surface area contributed by atoms with Crippen LogP contribution in [0.4, 0.5) is 4.79 Å². The number of hydrogen-bond acceptors (Lipinski definition) is 4. The van der Waals surface area contributed by atoms with Gasteiger partial charge in [0.25, 0.3) is 0 Å². The first-order valence-corrected chi connectivity index (χ1v) is 10.8. The van der Waals surface area contributed by atoms with Crippen molar-refractivity contribution in [1.29, 1.82) is 0 Å².